The predicted octanol–water partition coefficient (Wildman–Crippen LogP) is 2.24. The summed E-state index contributed by atoms with van der Waals surface area (Å²) in [5.74, 6) is 0. The average Bonchev–Trinajstić information content (AvgIpc) is 2.96. The minimum absolute atomic E-state index is 0.550. The molecule has 0 saturated heterocycles. The molecule has 4 heteroatoms. The van der Waals surface area contributed by atoms with Crippen LogP contribution in [0.2, 0.25) is 0 Å². The van der Waals surface area contributed by atoms with E-state index < -0.39 is 0 Å². The second kappa shape index (κ2) is 5.98. The highest BCUT2D eigenvalue weighted by atomic mass is 32.1. The first kappa shape index (κ1) is 12.3. The number of nitrogens with one attached hydrogen (secondary N) is 1. The van der Waals surface area contributed by atoms with Crippen molar-refractivity contribution < 1.29 is 0 Å². The Kier molecular flexibility index (Phi) is 4.34. The summed E-state index contributed by atoms with van der Waals surface area (Å²) in [4.78, 5) is 1.45. The summed E-state index contributed by atoms with van der Waals surface area (Å²) in [6.07, 6.45) is 7.41. The Hall–Kier alpha value is -1.13. The molecule has 92 valence electrons. The van der Waals surface area contributed by atoms with Gasteiger partial charge in [-0.3, -0.25) is 4.68 Å². The second-order valence-electron chi connectivity index (χ2n) is 4.33. The zero-order valence-electron chi connectivity index (χ0n) is 10.4. The van der Waals surface area contributed by atoms with E-state index in [0.29, 0.717) is 6.04 Å². The van der Waals surface area contributed by atoms with Crippen molar-refractivity contribution in [2.24, 2.45) is 7.05 Å². The second-order valence-corrected chi connectivity index (χ2v) is 5.36. The molecule has 1 unspecified atom stereocenters. The van der Waals surface area contributed by atoms with Gasteiger partial charge in [0.05, 0.1) is 6.20 Å². The quantitative estimate of drug-likeness (QED) is 0.851. The largest absolute Gasteiger partial charge is 0.317 e. The maximum atomic E-state index is 4.19. The lowest BCUT2D eigenvalue weighted by Gasteiger charge is -2.14. The minimum Gasteiger partial charge on any atom is -0.317 e. The Bertz CT molecular complexity index is 433. The molecule has 0 bridgehead atoms. The standard InChI is InChI=1S/C13H19N3S/c1-14-12(8-13-4-3-7-17-13)6-5-11-9-15-16(2)10-11/h3-4,7,9-10,12,14H,5-6,8H2,1-2H3. The highest BCUT2D eigenvalue weighted by Crippen LogP contribution is 2.14. The minimum atomic E-state index is 0.550. The van der Waals surface area contributed by atoms with Gasteiger partial charge in [0.15, 0.2) is 0 Å². The molecule has 2 rings (SSSR count). The van der Waals surface area contributed by atoms with Gasteiger partial charge in [-0.1, -0.05) is 6.07 Å². The molecule has 0 fully saturated rings. The summed E-state index contributed by atoms with van der Waals surface area (Å²) in [5, 5.41) is 9.73. The van der Waals surface area contributed by atoms with Gasteiger partial charge in [-0.2, -0.15) is 5.10 Å². The van der Waals surface area contributed by atoms with E-state index in [-0.39, 0.29) is 0 Å². The molecule has 0 aromatic carbocycles. The number of hydrogen-bond donors (Lipinski definition) is 1. The fraction of sp³-hybridized carbons (Fsp3) is 0.462. The highest BCUT2D eigenvalue weighted by Gasteiger charge is 2.08. The lowest BCUT2D eigenvalue weighted by Crippen LogP contribution is -2.27. The fourth-order valence-electron chi connectivity index (χ4n) is 1.96. The van der Waals surface area contributed by atoms with Crippen molar-refractivity contribution >= 4 is 11.3 Å². The van der Waals surface area contributed by atoms with Gasteiger partial charge in [-0.05, 0) is 43.3 Å². The molecule has 0 aliphatic rings. The molecule has 0 amide bonds. The molecular formula is C13H19N3S. The van der Waals surface area contributed by atoms with Crippen molar-refractivity contribution in [3.63, 3.8) is 0 Å². The number of aryl methyl sites for hydroxylation is 2. The van der Waals surface area contributed by atoms with Gasteiger partial charge in [-0.15, -0.1) is 11.3 Å². The highest BCUT2D eigenvalue weighted by molar-refractivity contribution is 7.09. The zero-order chi connectivity index (χ0) is 12.1. The molecule has 1 N–H and O–H groups in total. The Morgan fingerprint density at radius 2 is 2.41 bits per heavy atom. The molecule has 2 heterocycles. The number of likely N-dealkylation sites (N-methyl/N-ethyl adjacent to an activating group) is 1. The van der Waals surface area contributed by atoms with Crippen molar-refractivity contribution in [2.45, 2.75) is 25.3 Å². The Balaban J connectivity index is 1.83. The van der Waals surface area contributed by atoms with E-state index in [9.17, 15) is 0 Å². The van der Waals surface area contributed by atoms with Crippen LogP contribution in [0.5, 0.6) is 0 Å². The summed E-state index contributed by atoms with van der Waals surface area (Å²) in [7, 11) is 4.01. The van der Waals surface area contributed by atoms with Gasteiger partial charge in [-0.25, -0.2) is 0 Å². The van der Waals surface area contributed by atoms with Crippen LogP contribution in [-0.4, -0.2) is 22.9 Å². The van der Waals surface area contributed by atoms with Crippen molar-refractivity contribution in [1.29, 1.82) is 0 Å². The van der Waals surface area contributed by atoms with Crippen molar-refractivity contribution in [2.75, 3.05) is 7.05 Å². The smallest absolute Gasteiger partial charge is 0.0521 e. The third-order valence-corrected chi connectivity index (χ3v) is 3.87. The number of nitrogens with zero attached hydrogens (tertiary/aromatic N) is 2. The van der Waals surface area contributed by atoms with Gasteiger partial charge in [0.1, 0.15) is 0 Å². The zero-order valence-corrected chi connectivity index (χ0v) is 11.2. The van der Waals surface area contributed by atoms with E-state index in [0.717, 1.165) is 19.3 Å². The van der Waals surface area contributed by atoms with Crippen LogP contribution in [0.15, 0.2) is 29.9 Å². The van der Waals surface area contributed by atoms with Crippen LogP contribution < -0.4 is 5.32 Å². The maximum absolute atomic E-state index is 4.19. The van der Waals surface area contributed by atoms with Crippen molar-refractivity contribution in [1.82, 2.24) is 15.1 Å². The summed E-state index contributed by atoms with van der Waals surface area (Å²) in [5.41, 5.74) is 1.32. The first-order valence-corrected chi connectivity index (χ1v) is 6.83. The van der Waals surface area contributed by atoms with Crippen LogP contribution in [0.3, 0.4) is 0 Å². The van der Waals surface area contributed by atoms with E-state index >= 15 is 0 Å². The Morgan fingerprint density at radius 1 is 1.53 bits per heavy atom. The summed E-state index contributed by atoms with van der Waals surface area (Å²) in [6, 6.07) is 4.88. The molecule has 2 aromatic heterocycles. The molecule has 0 aliphatic heterocycles. The predicted molar refractivity (Wildman–Crippen MR) is 72.4 cm³/mol. The molecule has 0 radical (unpaired) electrons. The van der Waals surface area contributed by atoms with Crippen molar-refractivity contribution in [3.8, 4) is 0 Å². The normalized spacial score (nSPS) is 12.8. The van der Waals surface area contributed by atoms with E-state index in [1.165, 1.54) is 10.4 Å². The first-order chi connectivity index (χ1) is 8.28. The third-order valence-electron chi connectivity index (χ3n) is 2.98. The molecule has 3 nitrogen and oxygen atoms in total. The molecule has 17 heavy (non-hydrogen) atoms. The van der Waals surface area contributed by atoms with Gasteiger partial charge in [0, 0.05) is 24.2 Å². The van der Waals surface area contributed by atoms with Gasteiger partial charge >= 0.3 is 0 Å². The molecule has 0 spiro atoms. The third kappa shape index (κ3) is 3.68. The number of hydrogen-bond acceptors (Lipinski definition) is 3. The first-order valence-electron chi connectivity index (χ1n) is 5.95. The monoisotopic (exact) mass is 249 g/mol. The van der Waals surface area contributed by atoms with Crippen LogP contribution in [0.4, 0.5) is 0 Å². The van der Waals surface area contributed by atoms with Gasteiger partial charge in [0.25, 0.3) is 0 Å². The van der Waals surface area contributed by atoms with Gasteiger partial charge in [0.2, 0.25) is 0 Å². The average molecular weight is 249 g/mol. The molecule has 2 aromatic rings. The van der Waals surface area contributed by atoms with Crippen LogP contribution in [-0.2, 0) is 19.9 Å². The lowest BCUT2D eigenvalue weighted by molar-refractivity contribution is 0.523. The van der Waals surface area contributed by atoms with Crippen LogP contribution in [0, 0.1) is 0 Å². The topological polar surface area (TPSA) is 29.9 Å². The van der Waals surface area contributed by atoms with Crippen LogP contribution >= 0.6 is 11.3 Å². The van der Waals surface area contributed by atoms with Crippen LogP contribution in [0.25, 0.3) is 0 Å². The fourth-order valence-corrected chi connectivity index (χ4v) is 2.75. The van der Waals surface area contributed by atoms with Gasteiger partial charge < -0.3 is 5.32 Å². The van der Waals surface area contributed by atoms with E-state index in [1.54, 1.807) is 0 Å². The van der Waals surface area contributed by atoms with E-state index in [2.05, 4.69) is 34.1 Å². The van der Waals surface area contributed by atoms with E-state index in [4.69, 9.17) is 0 Å². The number of thiophene rings is 1. The van der Waals surface area contributed by atoms with Crippen molar-refractivity contribution in [3.05, 3.63) is 40.3 Å². The van der Waals surface area contributed by atoms with E-state index in [1.807, 2.05) is 36.3 Å². The van der Waals surface area contributed by atoms with Crippen LogP contribution in [0.1, 0.15) is 16.9 Å². The number of rotatable bonds is 6. The summed E-state index contributed by atoms with van der Waals surface area (Å²) >= 11 is 1.84. The molecule has 1 atom stereocenters. The Morgan fingerprint density at radius 3 is 3.00 bits per heavy atom. The lowest BCUT2D eigenvalue weighted by atomic mass is 10.0. The maximum Gasteiger partial charge on any atom is 0.0521 e. The number of aromatic nitrogens is 2. The summed E-state index contributed by atoms with van der Waals surface area (Å²) < 4.78 is 1.86. The molecule has 0 saturated carbocycles. The summed E-state index contributed by atoms with van der Waals surface area (Å²) in [6.45, 7) is 0. The SMILES string of the molecule is CNC(CCc1cnn(C)c1)Cc1cccs1. The molecular weight excluding hydrogens is 230 g/mol. The Labute approximate surface area is 106 Å². The molecule has 0 aliphatic carbocycles.